The highest BCUT2D eigenvalue weighted by atomic mass is 35.5. The molecule has 2 heterocycles. The van der Waals surface area contributed by atoms with E-state index in [4.69, 9.17) is 11.6 Å². The molecule has 1 aliphatic heterocycles. The fraction of sp³-hybridized carbons (Fsp3) is 0.190. The zero-order valence-electron chi connectivity index (χ0n) is 15.2. The second kappa shape index (κ2) is 7.86. The lowest BCUT2D eigenvalue weighted by Crippen LogP contribution is -2.49. The van der Waals surface area contributed by atoms with Gasteiger partial charge in [-0.15, -0.1) is 0 Å². The van der Waals surface area contributed by atoms with Crippen LogP contribution in [0, 0.1) is 0 Å². The number of halogens is 1. The van der Waals surface area contributed by atoms with E-state index in [1.54, 1.807) is 18.3 Å². The van der Waals surface area contributed by atoms with E-state index in [2.05, 4.69) is 5.10 Å². The third-order valence-corrected chi connectivity index (χ3v) is 5.18. The summed E-state index contributed by atoms with van der Waals surface area (Å²) in [5.41, 5.74) is 1.60. The molecule has 0 spiro atoms. The summed E-state index contributed by atoms with van der Waals surface area (Å²) in [6.45, 7) is 2.31. The molecule has 0 aliphatic carbocycles. The minimum absolute atomic E-state index is 0.0176. The lowest BCUT2D eigenvalue weighted by Gasteiger charge is -2.36. The van der Waals surface area contributed by atoms with Gasteiger partial charge < -0.3 is 9.80 Å². The molecule has 28 heavy (non-hydrogen) atoms. The van der Waals surface area contributed by atoms with Crippen molar-refractivity contribution in [1.82, 2.24) is 14.7 Å². The number of aromatic nitrogens is 2. The molecule has 0 radical (unpaired) electrons. The Morgan fingerprint density at radius 1 is 0.893 bits per heavy atom. The fourth-order valence-corrected chi connectivity index (χ4v) is 3.56. The molecule has 1 fully saturated rings. The summed E-state index contributed by atoms with van der Waals surface area (Å²) in [6, 6.07) is 18.4. The summed E-state index contributed by atoms with van der Waals surface area (Å²) in [5, 5.41) is 4.42. The van der Waals surface area contributed by atoms with Crippen molar-refractivity contribution in [3.8, 4) is 5.69 Å². The fourth-order valence-electron chi connectivity index (χ4n) is 3.31. The Hall–Kier alpha value is -3.12. The minimum atomic E-state index is -0.354. The summed E-state index contributed by atoms with van der Waals surface area (Å²) in [4.78, 5) is 29.1. The number of carbonyl (C=O) groups is 1. The van der Waals surface area contributed by atoms with Gasteiger partial charge in [0.1, 0.15) is 5.02 Å². The van der Waals surface area contributed by atoms with Crippen molar-refractivity contribution < 1.29 is 4.79 Å². The molecule has 142 valence electrons. The molecular formula is C21H19ClN4O2. The number of nitrogens with zero attached hydrogens (tertiary/aromatic N) is 4. The Balaban J connectivity index is 1.50. The van der Waals surface area contributed by atoms with Crippen LogP contribution in [-0.4, -0.2) is 46.8 Å². The lowest BCUT2D eigenvalue weighted by atomic mass is 10.2. The van der Waals surface area contributed by atoms with Crippen molar-refractivity contribution in [2.24, 2.45) is 0 Å². The number of hydrogen-bond donors (Lipinski definition) is 0. The van der Waals surface area contributed by atoms with Crippen LogP contribution in [0.1, 0.15) is 10.4 Å². The maximum absolute atomic E-state index is 12.7. The van der Waals surface area contributed by atoms with Crippen LogP contribution in [0.25, 0.3) is 5.69 Å². The van der Waals surface area contributed by atoms with Gasteiger partial charge in [0, 0.05) is 31.7 Å². The van der Waals surface area contributed by atoms with E-state index in [0.29, 0.717) is 43.1 Å². The van der Waals surface area contributed by atoms with Gasteiger partial charge in [-0.25, -0.2) is 0 Å². The molecule has 1 aliphatic rings. The van der Waals surface area contributed by atoms with Gasteiger partial charge in [0.15, 0.2) is 0 Å². The third kappa shape index (κ3) is 3.51. The van der Waals surface area contributed by atoms with E-state index in [0.717, 1.165) is 0 Å². The Morgan fingerprint density at radius 2 is 1.50 bits per heavy atom. The van der Waals surface area contributed by atoms with Crippen LogP contribution in [0.3, 0.4) is 0 Å². The van der Waals surface area contributed by atoms with E-state index in [-0.39, 0.29) is 16.5 Å². The average molecular weight is 395 g/mol. The maximum Gasteiger partial charge on any atom is 0.292 e. The number of amides is 1. The Bertz CT molecular complexity index is 1030. The maximum atomic E-state index is 12.7. The SMILES string of the molecule is O=C(c1ccccc1)N1CCN(c2cnn(-c3ccccc3)c(=O)c2Cl)CC1. The molecule has 6 nitrogen and oxygen atoms in total. The molecule has 1 amide bonds. The number of carbonyl (C=O) groups excluding carboxylic acids is 1. The molecule has 7 heteroatoms. The molecule has 1 saturated heterocycles. The second-order valence-corrected chi connectivity index (χ2v) is 6.92. The van der Waals surface area contributed by atoms with Crippen LogP contribution in [-0.2, 0) is 0 Å². The topological polar surface area (TPSA) is 58.4 Å². The van der Waals surface area contributed by atoms with E-state index in [1.165, 1.54) is 4.68 Å². The smallest absolute Gasteiger partial charge is 0.292 e. The van der Waals surface area contributed by atoms with Gasteiger partial charge in [0.25, 0.3) is 11.5 Å². The molecular weight excluding hydrogens is 376 g/mol. The number of para-hydroxylation sites is 1. The number of benzene rings is 2. The normalized spacial score (nSPS) is 14.2. The highest BCUT2D eigenvalue weighted by molar-refractivity contribution is 6.33. The number of piperazine rings is 1. The predicted octanol–water partition coefficient (Wildman–Crippen LogP) is 2.85. The largest absolute Gasteiger partial charge is 0.365 e. The third-order valence-electron chi connectivity index (χ3n) is 4.83. The van der Waals surface area contributed by atoms with Crippen molar-refractivity contribution in [1.29, 1.82) is 0 Å². The number of rotatable bonds is 3. The minimum Gasteiger partial charge on any atom is -0.365 e. The Kier molecular flexibility index (Phi) is 5.12. The van der Waals surface area contributed by atoms with Gasteiger partial charge in [-0.1, -0.05) is 48.0 Å². The van der Waals surface area contributed by atoms with Crippen molar-refractivity contribution in [3.63, 3.8) is 0 Å². The number of anilines is 1. The summed E-state index contributed by atoms with van der Waals surface area (Å²) in [6.07, 6.45) is 1.62. The highest BCUT2D eigenvalue weighted by Crippen LogP contribution is 2.23. The van der Waals surface area contributed by atoms with E-state index < -0.39 is 0 Å². The first-order valence-corrected chi connectivity index (χ1v) is 9.45. The molecule has 4 rings (SSSR count). The zero-order chi connectivity index (χ0) is 19.5. The van der Waals surface area contributed by atoms with Crippen molar-refractivity contribution in [2.45, 2.75) is 0 Å². The summed E-state index contributed by atoms with van der Waals surface area (Å²) < 4.78 is 1.29. The van der Waals surface area contributed by atoms with Crippen LogP contribution < -0.4 is 10.5 Å². The Morgan fingerprint density at radius 3 is 2.14 bits per heavy atom. The summed E-state index contributed by atoms with van der Waals surface area (Å²) >= 11 is 6.38. The van der Waals surface area contributed by atoms with Gasteiger partial charge in [-0.2, -0.15) is 9.78 Å². The van der Waals surface area contributed by atoms with Gasteiger partial charge in [0.2, 0.25) is 0 Å². The predicted molar refractivity (Wildman–Crippen MR) is 109 cm³/mol. The summed E-state index contributed by atoms with van der Waals surface area (Å²) in [7, 11) is 0. The first-order chi connectivity index (χ1) is 13.6. The van der Waals surface area contributed by atoms with Crippen molar-refractivity contribution in [2.75, 3.05) is 31.1 Å². The first kappa shape index (κ1) is 18.3. The van der Waals surface area contributed by atoms with E-state index >= 15 is 0 Å². The van der Waals surface area contributed by atoms with E-state index in [9.17, 15) is 9.59 Å². The van der Waals surface area contributed by atoms with Gasteiger partial charge in [0.05, 0.1) is 17.6 Å². The summed E-state index contributed by atoms with van der Waals surface area (Å²) in [5.74, 6) is 0.0176. The van der Waals surface area contributed by atoms with Crippen LogP contribution in [0.15, 0.2) is 71.7 Å². The molecule has 0 bridgehead atoms. The van der Waals surface area contributed by atoms with Crippen LogP contribution in [0.5, 0.6) is 0 Å². The lowest BCUT2D eigenvalue weighted by molar-refractivity contribution is 0.0747. The average Bonchev–Trinajstić information content (AvgIpc) is 2.76. The molecule has 0 unspecified atom stereocenters. The van der Waals surface area contributed by atoms with Crippen molar-refractivity contribution in [3.05, 3.63) is 87.8 Å². The standard InChI is InChI=1S/C21H19ClN4O2/c22-19-18(15-23-26(21(19)28)17-9-5-2-6-10-17)24-11-13-25(14-12-24)20(27)16-7-3-1-4-8-16/h1-10,15H,11-14H2. The molecule has 0 atom stereocenters. The molecule has 1 aromatic heterocycles. The number of hydrogen-bond acceptors (Lipinski definition) is 4. The molecule has 0 saturated carbocycles. The van der Waals surface area contributed by atoms with Crippen LogP contribution in [0.4, 0.5) is 5.69 Å². The van der Waals surface area contributed by atoms with Crippen LogP contribution >= 0.6 is 11.6 Å². The Labute approximate surface area is 167 Å². The van der Waals surface area contributed by atoms with Gasteiger partial charge in [-0.3, -0.25) is 9.59 Å². The first-order valence-electron chi connectivity index (χ1n) is 9.07. The molecule has 3 aromatic rings. The quantitative estimate of drug-likeness (QED) is 0.685. The van der Waals surface area contributed by atoms with Crippen molar-refractivity contribution >= 4 is 23.2 Å². The van der Waals surface area contributed by atoms with Gasteiger partial charge in [-0.05, 0) is 24.3 Å². The molecule has 2 aromatic carbocycles. The second-order valence-electron chi connectivity index (χ2n) is 6.54. The molecule has 0 N–H and O–H groups in total. The zero-order valence-corrected chi connectivity index (χ0v) is 15.9. The van der Waals surface area contributed by atoms with Gasteiger partial charge >= 0.3 is 0 Å². The van der Waals surface area contributed by atoms with Crippen LogP contribution in [0.2, 0.25) is 5.02 Å². The monoisotopic (exact) mass is 394 g/mol. The highest BCUT2D eigenvalue weighted by Gasteiger charge is 2.24. The van der Waals surface area contributed by atoms with E-state index in [1.807, 2.05) is 58.3 Å².